The van der Waals surface area contributed by atoms with Crippen LogP contribution >= 0.6 is 27.5 Å². The van der Waals surface area contributed by atoms with E-state index < -0.39 is 5.97 Å². The number of carbonyl (C=O) groups is 1. The number of carboxylic acids is 1. The lowest BCUT2D eigenvalue weighted by Crippen LogP contribution is -1.93. The first-order valence-corrected chi connectivity index (χ1v) is 8.42. The van der Waals surface area contributed by atoms with Crippen LogP contribution in [-0.4, -0.2) is 16.1 Å². The van der Waals surface area contributed by atoms with E-state index in [1.807, 2.05) is 12.1 Å². The van der Waals surface area contributed by atoms with Gasteiger partial charge >= 0.3 is 5.97 Å². The average Bonchev–Trinajstić information content (AvgIpc) is 2.79. The van der Waals surface area contributed by atoms with E-state index >= 15 is 0 Å². The number of hydrogen-bond acceptors (Lipinski definition) is 1. The summed E-state index contributed by atoms with van der Waals surface area (Å²) < 4.78 is 0.917. The van der Waals surface area contributed by atoms with Crippen molar-refractivity contribution >= 4 is 44.4 Å². The number of nitrogens with one attached hydrogen (secondary N) is 1. The molecule has 1 aromatic carbocycles. The SMILES string of the molecule is O=C(O)CCCCCCCc1cc2cc(Br)c(Cl)cc2[nH]1. The first kappa shape index (κ1) is 16.4. The van der Waals surface area contributed by atoms with E-state index in [9.17, 15) is 4.79 Å². The zero-order valence-corrected chi connectivity index (χ0v) is 14.1. The molecule has 5 heteroatoms. The molecular weight excluding hydrogens is 354 g/mol. The summed E-state index contributed by atoms with van der Waals surface area (Å²) in [5.41, 5.74) is 2.30. The van der Waals surface area contributed by atoms with Crippen molar-refractivity contribution in [3.05, 3.63) is 33.4 Å². The minimum absolute atomic E-state index is 0.289. The molecule has 0 saturated carbocycles. The highest BCUT2D eigenvalue weighted by atomic mass is 79.9. The van der Waals surface area contributed by atoms with Crippen LogP contribution in [0.25, 0.3) is 10.9 Å². The molecular formula is C16H19BrClNO2. The maximum absolute atomic E-state index is 10.4. The summed E-state index contributed by atoms with van der Waals surface area (Å²) in [6.07, 6.45) is 6.45. The van der Waals surface area contributed by atoms with Gasteiger partial charge in [-0.1, -0.05) is 30.9 Å². The van der Waals surface area contributed by atoms with E-state index in [-0.39, 0.29) is 6.42 Å². The van der Waals surface area contributed by atoms with E-state index in [0.29, 0.717) is 5.02 Å². The normalized spacial score (nSPS) is 11.1. The minimum Gasteiger partial charge on any atom is -0.481 e. The molecule has 2 aromatic rings. The Morgan fingerprint density at radius 2 is 1.86 bits per heavy atom. The largest absolute Gasteiger partial charge is 0.481 e. The molecule has 114 valence electrons. The molecule has 0 aliphatic heterocycles. The lowest BCUT2D eigenvalue weighted by atomic mass is 10.1. The zero-order valence-electron chi connectivity index (χ0n) is 11.8. The molecule has 0 atom stereocenters. The van der Waals surface area contributed by atoms with Gasteiger partial charge in [-0.05, 0) is 53.4 Å². The van der Waals surface area contributed by atoms with Gasteiger partial charge in [0.2, 0.25) is 0 Å². The lowest BCUT2D eigenvalue weighted by Gasteiger charge is -1.99. The molecule has 1 aromatic heterocycles. The smallest absolute Gasteiger partial charge is 0.303 e. The maximum atomic E-state index is 10.4. The van der Waals surface area contributed by atoms with E-state index in [0.717, 1.165) is 48.5 Å². The molecule has 0 bridgehead atoms. The molecule has 0 aliphatic carbocycles. The van der Waals surface area contributed by atoms with Gasteiger partial charge in [0, 0.05) is 27.5 Å². The summed E-state index contributed by atoms with van der Waals surface area (Å²) in [5, 5.41) is 10.4. The van der Waals surface area contributed by atoms with Crippen LogP contribution in [0.1, 0.15) is 44.2 Å². The predicted molar refractivity (Wildman–Crippen MR) is 90.1 cm³/mol. The summed E-state index contributed by atoms with van der Waals surface area (Å²) in [5.74, 6) is -0.696. The van der Waals surface area contributed by atoms with Gasteiger partial charge in [0.1, 0.15) is 0 Å². The molecule has 0 spiro atoms. The van der Waals surface area contributed by atoms with Gasteiger partial charge in [-0.3, -0.25) is 4.79 Å². The summed E-state index contributed by atoms with van der Waals surface area (Å²) >= 11 is 9.52. The van der Waals surface area contributed by atoms with Crippen molar-refractivity contribution in [1.29, 1.82) is 0 Å². The zero-order chi connectivity index (χ0) is 15.2. The highest BCUT2D eigenvalue weighted by molar-refractivity contribution is 9.10. The number of aryl methyl sites for hydroxylation is 1. The van der Waals surface area contributed by atoms with E-state index in [2.05, 4.69) is 27.0 Å². The van der Waals surface area contributed by atoms with Gasteiger partial charge in [-0.2, -0.15) is 0 Å². The second kappa shape index (κ2) is 7.85. The van der Waals surface area contributed by atoms with Crippen LogP contribution in [0, 0.1) is 0 Å². The Bertz CT molecular complexity index is 585. The number of hydrogen-bond donors (Lipinski definition) is 2. The monoisotopic (exact) mass is 371 g/mol. The molecule has 0 amide bonds. The summed E-state index contributed by atoms with van der Waals surface area (Å²) in [4.78, 5) is 13.8. The third-order valence-corrected chi connectivity index (χ3v) is 4.75. The molecule has 2 N–H and O–H groups in total. The van der Waals surface area contributed by atoms with Gasteiger partial charge in [-0.15, -0.1) is 0 Å². The molecule has 0 saturated heterocycles. The van der Waals surface area contributed by atoms with Crippen molar-refractivity contribution < 1.29 is 9.90 Å². The third kappa shape index (κ3) is 5.04. The highest BCUT2D eigenvalue weighted by Crippen LogP contribution is 2.28. The number of halogens is 2. The van der Waals surface area contributed by atoms with Crippen LogP contribution in [0.3, 0.4) is 0 Å². The van der Waals surface area contributed by atoms with Crippen LogP contribution in [0.2, 0.25) is 5.02 Å². The van der Waals surface area contributed by atoms with Crippen molar-refractivity contribution in [2.45, 2.75) is 44.9 Å². The number of aromatic nitrogens is 1. The lowest BCUT2D eigenvalue weighted by molar-refractivity contribution is -0.137. The van der Waals surface area contributed by atoms with Crippen molar-refractivity contribution in [2.24, 2.45) is 0 Å². The molecule has 21 heavy (non-hydrogen) atoms. The van der Waals surface area contributed by atoms with Gasteiger partial charge in [0.05, 0.1) is 5.02 Å². The number of unbranched alkanes of at least 4 members (excludes halogenated alkanes) is 4. The topological polar surface area (TPSA) is 53.1 Å². The molecule has 1 heterocycles. The van der Waals surface area contributed by atoms with Gasteiger partial charge in [0.15, 0.2) is 0 Å². The van der Waals surface area contributed by atoms with Gasteiger partial charge in [-0.25, -0.2) is 0 Å². The van der Waals surface area contributed by atoms with Crippen molar-refractivity contribution in [2.75, 3.05) is 0 Å². The number of aliphatic carboxylic acids is 1. The Labute approximate surface area is 137 Å². The first-order chi connectivity index (χ1) is 10.1. The Kier molecular flexibility index (Phi) is 6.12. The number of H-pyrrole nitrogens is 1. The maximum Gasteiger partial charge on any atom is 0.303 e. The number of benzene rings is 1. The predicted octanol–water partition coefficient (Wildman–Crippen LogP) is 5.55. The van der Waals surface area contributed by atoms with Gasteiger partial charge in [0.25, 0.3) is 0 Å². The molecule has 0 radical (unpaired) electrons. The molecule has 0 fully saturated rings. The molecule has 0 unspecified atom stereocenters. The van der Waals surface area contributed by atoms with Crippen LogP contribution in [0.15, 0.2) is 22.7 Å². The Hall–Kier alpha value is -1.00. The Balaban J connectivity index is 1.75. The second-order valence-electron chi connectivity index (χ2n) is 5.31. The van der Waals surface area contributed by atoms with Crippen LogP contribution in [0.4, 0.5) is 0 Å². The quantitative estimate of drug-likeness (QED) is 0.597. The van der Waals surface area contributed by atoms with Crippen LogP contribution in [0.5, 0.6) is 0 Å². The van der Waals surface area contributed by atoms with Crippen LogP contribution < -0.4 is 0 Å². The molecule has 3 nitrogen and oxygen atoms in total. The molecule has 0 aliphatic rings. The van der Waals surface area contributed by atoms with E-state index in [1.54, 1.807) is 0 Å². The number of aromatic amines is 1. The fraction of sp³-hybridized carbons (Fsp3) is 0.438. The summed E-state index contributed by atoms with van der Waals surface area (Å²) in [6, 6.07) is 6.14. The number of fused-ring (bicyclic) bond motifs is 1. The Morgan fingerprint density at radius 3 is 2.62 bits per heavy atom. The highest BCUT2D eigenvalue weighted by Gasteiger charge is 2.05. The number of carboxylic acid groups (broad SMARTS) is 1. The third-order valence-electron chi connectivity index (χ3n) is 3.55. The standard InChI is InChI=1S/C16H19BrClNO2/c17-13-9-11-8-12(19-15(11)10-14(13)18)6-4-2-1-3-5-7-16(20)21/h8-10,19H,1-7H2,(H,20,21). The molecule has 2 rings (SSSR count). The van der Waals surface area contributed by atoms with Gasteiger partial charge < -0.3 is 10.1 Å². The minimum atomic E-state index is -0.696. The Morgan fingerprint density at radius 1 is 1.14 bits per heavy atom. The summed E-state index contributed by atoms with van der Waals surface area (Å²) in [6.45, 7) is 0. The fourth-order valence-electron chi connectivity index (χ4n) is 2.44. The fourth-order valence-corrected chi connectivity index (χ4v) is 2.97. The number of rotatable bonds is 8. The van der Waals surface area contributed by atoms with Crippen molar-refractivity contribution in [3.63, 3.8) is 0 Å². The van der Waals surface area contributed by atoms with E-state index in [4.69, 9.17) is 16.7 Å². The first-order valence-electron chi connectivity index (χ1n) is 7.24. The van der Waals surface area contributed by atoms with Crippen LogP contribution in [-0.2, 0) is 11.2 Å². The average molecular weight is 373 g/mol. The van der Waals surface area contributed by atoms with E-state index in [1.165, 1.54) is 11.1 Å². The van der Waals surface area contributed by atoms with Crippen molar-refractivity contribution in [1.82, 2.24) is 4.98 Å². The van der Waals surface area contributed by atoms with Crippen molar-refractivity contribution in [3.8, 4) is 0 Å². The second-order valence-corrected chi connectivity index (χ2v) is 6.57. The summed E-state index contributed by atoms with van der Waals surface area (Å²) in [7, 11) is 0.